The van der Waals surface area contributed by atoms with E-state index < -0.39 is 22.2 Å². The van der Waals surface area contributed by atoms with Crippen LogP contribution in [0.2, 0.25) is 0 Å². The maximum absolute atomic E-state index is 13.7. The number of sulfonamides is 1. The quantitative estimate of drug-likeness (QED) is 0.635. The van der Waals surface area contributed by atoms with Gasteiger partial charge in [-0.25, -0.2) is 8.42 Å². The van der Waals surface area contributed by atoms with E-state index in [-0.39, 0.29) is 11.8 Å². The first-order chi connectivity index (χ1) is 13.6. The first-order valence-electron chi connectivity index (χ1n) is 10.5. The molecule has 0 aromatic heterocycles. The second-order valence-electron chi connectivity index (χ2n) is 8.99. The highest BCUT2D eigenvalue weighted by Gasteiger charge is 2.50. The van der Waals surface area contributed by atoms with Gasteiger partial charge in [-0.05, 0) is 40.0 Å². The van der Waals surface area contributed by atoms with Crippen LogP contribution in [0.4, 0.5) is 0 Å². The van der Waals surface area contributed by atoms with Crippen molar-refractivity contribution in [2.24, 2.45) is 0 Å². The van der Waals surface area contributed by atoms with Gasteiger partial charge < -0.3 is 5.11 Å². The minimum Gasteiger partial charge on any atom is -0.387 e. The van der Waals surface area contributed by atoms with Crippen LogP contribution in [0.15, 0.2) is 47.4 Å². The molecule has 3 atom stereocenters. The summed E-state index contributed by atoms with van der Waals surface area (Å²) in [6.07, 6.45) is -0.814. The molecule has 1 aliphatic rings. The van der Waals surface area contributed by atoms with Crippen molar-refractivity contribution in [3.05, 3.63) is 64.7 Å². The van der Waals surface area contributed by atoms with Crippen molar-refractivity contribution in [3.8, 4) is 0 Å². The molecule has 0 amide bonds. The molecule has 1 fully saturated rings. The Hall–Kier alpha value is -1.69. The molecule has 3 rings (SSSR count). The SMILES string of the molecule is CC(C)c1cc(C(C)C)c(S(=O)(=O)N2C[C@H]2[C@H](O)c2ccccc2)c(C(C)C)c1. The van der Waals surface area contributed by atoms with Gasteiger partial charge in [-0.1, -0.05) is 84.0 Å². The maximum atomic E-state index is 13.7. The molecule has 0 aliphatic carbocycles. The van der Waals surface area contributed by atoms with E-state index in [4.69, 9.17) is 0 Å². The molecule has 0 saturated carbocycles. The third kappa shape index (κ3) is 4.27. The average molecular weight is 416 g/mol. The maximum Gasteiger partial charge on any atom is 0.244 e. The van der Waals surface area contributed by atoms with Crippen molar-refractivity contribution in [1.29, 1.82) is 0 Å². The fourth-order valence-corrected chi connectivity index (χ4v) is 6.09. The summed E-state index contributed by atoms with van der Waals surface area (Å²) >= 11 is 0. The molecule has 2 aromatic carbocycles. The normalized spacial score (nSPS) is 20.5. The van der Waals surface area contributed by atoms with Gasteiger partial charge in [0.05, 0.1) is 17.0 Å². The van der Waals surface area contributed by atoms with Crippen LogP contribution < -0.4 is 0 Å². The molecule has 158 valence electrons. The molecule has 0 radical (unpaired) electrons. The topological polar surface area (TPSA) is 57.4 Å². The zero-order chi connectivity index (χ0) is 21.5. The first kappa shape index (κ1) is 22.0. The van der Waals surface area contributed by atoms with E-state index in [9.17, 15) is 13.5 Å². The van der Waals surface area contributed by atoms with E-state index in [0.717, 1.165) is 16.7 Å². The largest absolute Gasteiger partial charge is 0.387 e. The van der Waals surface area contributed by atoms with E-state index in [1.54, 1.807) is 0 Å². The summed E-state index contributed by atoms with van der Waals surface area (Å²) in [5.74, 6) is 0.512. The highest BCUT2D eigenvalue weighted by Crippen LogP contribution is 2.42. The van der Waals surface area contributed by atoms with Crippen molar-refractivity contribution in [2.45, 2.75) is 76.3 Å². The second kappa shape index (κ2) is 8.21. The molecule has 1 saturated heterocycles. The fourth-order valence-electron chi connectivity index (χ4n) is 3.85. The van der Waals surface area contributed by atoms with Gasteiger partial charge in [0, 0.05) is 6.54 Å². The van der Waals surface area contributed by atoms with Crippen molar-refractivity contribution in [1.82, 2.24) is 4.31 Å². The molecule has 0 spiro atoms. The van der Waals surface area contributed by atoms with E-state index in [1.165, 1.54) is 9.87 Å². The molecule has 5 heteroatoms. The zero-order valence-electron chi connectivity index (χ0n) is 18.3. The van der Waals surface area contributed by atoms with Gasteiger partial charge in [-0.3, -0.25) is 0 Å². The second-order valence-corrected chi connectivity index (χ2v) is 10.8. The van der Waals surface area contributed by atoms with Crippen molar-refractivity contribution >= 4 is 10.0 Å². The highest BCUT2D eigenvalue weighted by molar-refractivity contribution is 7.89. The predicted octanol–water partition coefficient (Wildman–Crippen LogP) is 5.16. The lowest BCUT2D eigenvalue weighted by atomic mass is 9.89. The van der Waals surface area contributed by atoms with Crippen molar-refractivity contribution < 1.29 is 13.5 Å². The number of hydrogen-bond acceptors (Lipinski definition) is 3. The standard InChI is InChI=1S/C24H33NO3S/c1-15(2)19-12-20(16(3)4)24(21(13-19)17(5)6)29(27,28)25-14-22(25)23(26)18-10-8-7-9-11-18/h7-13,15-17,22-23,26H,14H2,1-6H3/t22-,23+,25?/m0/s1. The van der Waals surface area contributed by atoms with Gasteiger partial charge >= 0.3 is 0 Å². The van der Waals surface area contributed by atoms with E-state index in [2.05, 4.69) is 26.0 Å². The van der Waals surface area contributed by atoms with Gasteiger partial charge in [0.25, 0.3) is 0 Å². The summed E-state index contributed by atoms with van der Waals surface area (Å²) in [7, 11) is -3.69. The minimum absolute atomic E-state index is 0.0911. The Balaban J connectivity index is 2.05. The molecule has 2 aromatic rings. The number of benzene rings is 2. The number of hydrogen-bond donors (Lipinski definition) is 1. The van der Waals surface area contributed by atoms with Crippen LogP contribution in [-0.4, -0.2) is 30.4 Å². The van der Waals surface area contributed by atoms with Crippen LogP contribution >= 0.6 is 0 Å². The van der Waals surface area contributed by atoms with Crippen LogP contribution in [0.25, 0.3) is 0 Å². The fraction of sp³-hybridized carbons (Fsp3) is 0.500. The smallest absolute Gasteiger partial charge is 0.244 e. The van der Waals surface area contributed by atoms with Gasteiger partial charge in [0.2, 0.25) is 10.0 Å². The summed E-state index contributed by atoms with van der Waals surface area (Å²) in [6.45, 7) is 12.8. The predicted molar refractivity (Wildman–Crippen MR) is 118 cm³/mol. The molecule has 1 aliphatic heterocycles. The van der Waals surface area contributed by atoms with Crippen LogP contribution in [0, 0.1) is 0 Å². The van der Waals surface area contributed by atoms with Gasteiger partial charge in [0.15, 0.2) is 0 Å². The monoisotopic (exact) mass is 415 g/mol. The molecule has 4 nitrogen and oxygen atoms in total. The van der Waals surface area contributed by atoms with Gasteiger partial charge in [-0.2, -0.15) is 4.31 Å². The van der Waals surface area contributed by atoms with Gasteiger partial charge in [0.1, 0.15) is 0 Å². The summed E-state index contributed by atoms with van der Waals surface area (Å²) in [4.78, 5) is 0.440. The van der Waals surface area contributed by atoms with Crippen molar-refractivity contribution in [2.75, 3.05) is 6.54 Å². The molecular weight excluding hydrogens is 382 g/mol. The van der Waals surface area contributed by atoms with Crippen LogP contribution in [-0.2, 0) is 10.0 Å². The van der Waals surface area contributed by atoms with Crippen LogP contribution in [0.1, 0.15) is 87.7 Å². The lowest BCUT2D eigenvalue weighted by Crippen LogP contribution is -2.22. The summed E-state index contributed by atoms with van der Waals surface area (Å²) in [5, 5.41) is 10.7. The third-order valence-electron chi connectivity index (χ3n) is 5.75. The number of aliphatic hydroxyl groups is 1. The molecule has 0 bridgehead atoms. The van der Waals surface area contributed by atoms with Crippen LogP contribution in [0.3, 0.4) is 0 Å². The molecule has 1 unspecified atom stereocenters. The lowest BCUT2D eigenvalue weighted by Gasteiger charge is -2.23. The average Bonchev–Trinajstić information content (AvgIpc) is 3.48. The van der Waals surface area contributed by atoms with Crippen molar-refractivity contribution in [3.63, 3.8) is 0 Å². The van der Waals surface area contributed by atoms with E-state index in [0.29, 0.717) is 17.4 Å². The number of rotatable bonds is 7. The Bertz CT molecular complexity index is 936. The minimum atomic E-state index is -3.69. The summed E-state index contributed by atoms with van der Waals surface area (Å²) in [5.41, 5.74) is 3.67. The Morgan fingerprint density at radius 1 is 0.862 bits per heavy atom. The van der Waals surface area contributed by atoms with Gasteiger partial charge in [-0.15, -0.1) is 0 Å². The molecule has 1 N–H and O–H groups in total. The number of nitrogens with zero attached hydrogens (tertiary/aromatic N) is 1. The molecule has 1 heterocycles. The summed E-state index contributed by atoms with van der Waals surface area (Å²) < 4.78 is 28.8. The third-order valence-corrected chi connectivity index (χ3v) is 7.78. The highest BCUT2D eigenvalue weighted by atomic mass is 32.2. The van der Waals surface area contributed by atoms with E-state index >= 15 is 0 Å². The summed E-state index contributed by atoms with van der Waals surface area (Å²) in [6, 6.07) is 13.0. The Labute approximate surface area is 175 Å². The van der Waals surface area contributed by atoms with Crippen LogP contribution in [0.5, 0.6) is 0 Å². The Morgan fingerprint density at radius 3 is 1.83 bits per heavy atom. The Morgan fingerprint density at radius 2 is 1.38 bits per heavy atom. The zero-order valence-corrected chi connectivity index (χ0v) is 19.1. The Kier molecular flexibility index (Phi) is 6.23. The van der Waals surface area contributed by atoms with E-state index in [1.807, 2.05) is 58.0 Å². The molecule has 29 heavy (non-hydrogen) atoms. The molecular formula is C24H33NO3S. The first-order valence-corrected chi connectivity index (χ1v) is 11.9. The lowest BCUT2D eigenvalue weighted by molar-refractivity contribution is 0.168. The number of aliphatic hydroxyl groups excluding tert-OH is 1.